The van der Waals surface area contributed by atoms with Crippen molar-refractivity contribution in [2.45, 2.75) is 20.4 Å². The molecule has 1 aliphatic heterocycles. The summed E-state index contributed by atoms with van der Waals surface area (Å²) in [6.07, 6.45) is 1.49. The van der Waals surface area contributed by atoms with Crippen molar-refractivity contribution >= 4 is 17.6 Å². The Kier molecular flexibility index (Phi) is 6.61. The SMILES string of the molecule is Cc1c(C#N)c(NC(=O)CN2CCN(C(=O)c3ccco3)CC2)n(Cc2ccccc2)c1C. The lowest BCUT2D eigenvalue weighted by Crippen LogP contribution is -2.50. The number of aromatic nitrogens is 1. The zero-order valence-electron chi connectivity index (χ0n) is 18.9. The van der Waals surface area contributed by atoms with Gasteiger partial charge in [0.25, 0.3) is 5.91 Å². The minimum Gasteiger partial charge on any atom is -0.459 e. The number of nitrogens with one attached hydrogen (secondary N) is 1. The molecule has 1 aliphatic rings. The molecule has 1 aromatic carbocycles. The van der Waals surface area contributed by atoms with Gasteiger partial charge in [-0.05, 0) is 37.1 Å². The van der Waals surface area contributed by atoms with Gasteiger partial charge in [0.15, 0.2) is 5.76 Å². The molecule has 0 unspecified atom stereocenters. The summed E-state index contributed by atoms with van der Waals surface area (Å²) in [6, 6.07) is 15.6. The van der Waals surface area contributed by atoms with Crippen molar-refractivity contribution in [2.24, 2.45) is 0 Å². The number of anilines is 1. The summed E-state index contributed by atoms with van der Waals surface area (Å²) in [5.41, 5.74) is 3.41. The fraction of sp³-hybridized carbons (Fsp3) is 0.320. The van der Waals surface area contributed by atoms with Crippen LogP contribution in [0.15, 0.2) is 53.1 Å². The minimum atomic E-state index is -0.177. The third kappa shape index (κ3) is 4.83. The van der Waals surface area contributed by atoms with Crippen LogP contribution in [0.1, 0.15) is 32.9 Å². The Bertz CT molecular complexity index is 1170. The monoisotopic (exact) mass is 445 g/mol. The number of rotatable bonds is 6. The van der Waals surface area contributed by atoms with Crippen LogP contribution in [0.25, 0.3) is 0 Å². The average Bonchev–Trinajstić information content (AvgIpc) is 3.44. The minimum absolute atomic E-state index is 0.132. The smallest absolute Gasteiger partial charge is 0.289 e. The third-order valence-corrected chi connectivity index (χ3v) is 6.14. The van der Waals surface area contributed by atoms with E-state index in [9.17, 15) is 14.9 Å². The van der Waals surface area contributed by atoms with E-state index in [1.807, 2.05) is 53.6 Å². The first kappa shape index (κ1) is 22.4. The number of hydrogen-bond donors (Lipinski definition) is 1. The molecule has 0 bridgehead atoms. The van der Waals surface area contributed by atoms with Crippen LogP contribution >= 0.6 is 0 Å². The van der Waals surface area contributed by atoms with Crippen LogP contribution in [-0.4, -0.2) is 58.9 Å². The Balaban J connectivity index is 1.41. The van der Waals surface area contributed by atoms with Crippen molar-refractivity contribution in [3.8, 4) is 6.07 Å². The molecule has 1 fully saturated rings. The van der Waals surface area contributed by atoms with Crippen LogP contribution in [0.3, 0.4) is 0 Å². The van der Waals surface area contributed by atoms with Gasteiger partial charge in [0.05, 0.1) is 18.4 Å². The van der Waals surface area contributed by atoms with E-state index in [0.717, 1.165) is 16.8 Å². The summed E-state index contributed by atoms with van der Waals surface area (Å²) >= 11 is 0. The maximum Gasteiger partial charge on any atom is 0.289 e. The quantitative estimate of drug-likeness (QED) is 0.629. The van der Waals surface area contributed by atoms with Crippen molar-refractivity contribution in [1.82, 2.24) is 14.4 Å². The number of nitrogens with zero attached hydrogens (tertiary/aromatic N) is 4. The summed E-state index contributed by atoms with van der Waals surface area (Å²) in [5, 5.41) is 12.7. The predicted octanol–water partition coefficient (Wildman–Crippen LogP) is 3.01. The lowest BCUT2D eigenvalue weighted by atomic mass is 10.2. The second-order valence-corrected chi connectivity index (χ2v) is 8.21. The maximum absolute atomic E-state index is 12.9. The Morgan fingerprint density at radius 3 is 2.42 bits per heavy atom. The van der Waals surface area contributed by atoms with E-state index in [2.05, 4.69) is 11.4 Å². The molecule has 3 heterocycles. The Morgan fingerprint density at radius 1 is 1.06 bits per heavy atom. The number of furan rings is 1. The molecule has 33 heavy (non-hydrogen) atoms. The molecule has 8 heteroatoms. The van der Waals surface area contributed by atoms with Crippen molar-refractivity contribution in [1.29, 1.82) is 5.26 Å². The van der Waals surface area contributed by atoms with Gasteiger partial charge in [0.2, 0.25) is 5.91 Å². The fourth-order valence-corrected chi connectivity index (χ4v) is 4.13. The van der Waals surface area contributed by atoms with Crippen molar-refractivity contribution in [3.05, 3.63) is 76.9 Å². The van der Waals surface area contributed by atoms with E-state index < -0.39 is 0 Å². The molecule has 2 amide bonds. The molecule has 170 valence electrons. The molecule has 0 spiro atoms. The second-order valence-electron chi connectivity index (χ2n) is 8.21. The van der Waals surface area contributed by atoms with Gasteiger partial charge in [-0.25, -0.2) is 0 Å². The highest BCUT2D eigenvalue weighted by molar-refractivity contribution is 5.93. The van der Waals surface area contributed by atoms with Gasteiger partial charge in [0.1, 0.15) is 11.9 Å². The zero-order valence-corrected chi connectivity index (χ0v) is 18.9. The van der Waals surface area contributed by atoms with Gasteiger partial charge in [-0.1, -0.05) is 30.3 Å². The highest BCUT2D eigenvalue weighted by Gasteiger charge is 2.26. The maximum atomic E-state index is 12.9. The normalized spacial score (nSPS) is 14.2. The summed E-state index contributed by atoms with van der Waals surface area (Å²) in [5.74, 6) is 0.555. The van der Waals surface area contributed by atoms with Crippen LogP contribution in [0.5, 0.6) is 0 Å². The number of piperazine rings is 1. The van der Waals surface area contributed by atoms with E-state index in [1.165, 1.54) is 6.26 Å². The van der Waals surface area contributed by atoms with Crippen molar-refractivity contribution in [3.63, 3.8) is 0 Å². The number of carbonyl (C=O) groups excluding carboxylic acids is 2. The van der Waals surface area contributed by atoms with E-state index in [1.54, 1.807) is 17.0 Å². The van der Waals surface area contributed by atoms with E-state index in [4.69, 9.17) is 4.42 Å². The van der Waals surface area contributed by atoms with Gasteiger partial charge in [-0.2, -0.15) is 5.26 Å². The van der Waals surface area contributed by atoms with Crippen LogP contribution in [0.2, 0.25) is 0 Å². The zero-order chi connectivity index (χ0) is 23.4. The average molecular weight is 446 g/mol. The van der Waals surface area contributed by atoms with Gasteiger partial charge in [0, 0.05) is 38.4 Å². The van der Waals surface area contributed by atoms with Crippen molar-refractivity contribution < 1.29 is 14.0 Å². The molecular weight excluding hydrogens is 418 g/mol. The number of amides is 2. The van der Waals surface area contributed by atoms with Gasteiger partial charge < -0.3 is 19.2 Å². The topological polar surface area (TPSA) is 94.5 Å². The molecule has 0 aliphatic carbocycles. The van der Waals surface area contributed by atoms with E-state index in [-0.39, 0.29) is 18.4 Å². The number of benzene rings is 1. The summed E-state index contributed by atoms with van der Waals surface area (Å²) < 4.78 is 7.18. The van der Waals surface area contributed by atoms with Crippen LogP contribution in [0, 0.1) is 25.2 Å². The highest BCUT2D eigenvalue weighted by atomic mass is 16.3. The van der Waals surface area contributed by atoms with Crippen LogP contribution in [-0.2, 0) is 11.3 Å². The first-order chi connectivity index (χ1) is 16.0. The Morgan fingerprint density at radius 2 is 1.79 bits per heavy atom. The summed E-state index contributed by atoms with van der Waals surface area (Å²) in [7, 11) is 0. The molecule has 4 rings (SSSR count). The molecule has 1 N–H and O–H groups in total. The molecular formula is C25H27N5O3. The van der Waals surface area contributed by atoms with Gasteiger partial charge >= 0.3 is 0 Å². The molecule has 0 radical (unpaired) electrons. The lowest BCUT2D eigenvalue weighted by molar-refractivity contribution is -0.117. The van der Waals surface area contributed by atoms with E-state index >= 15 is 0 Å². The molecule has 8 nitrogen and oxygen atoms in total. The first-order valence-corrected chi connectivity index (χ1v) is 11.0. The molecule has 0 saturated carbocycles. The lowest BCUT2D eigenvalue weighted by Gasteiger charge is -2.33. The Labute approximate surface area is 193 Å². The van der Waals surface area contributed by atoms with Crippen LogP contribution in [0.4, 0.5) is 5.82 Å². The van der Waals surface area contributed by atoms with Crippen LogP contribution < -0.4 is 5.32 Å². The van der Waals surface area contributed by atoms with Gasteiger partial charge in [-0.15, -0.1) is 0 Å². The number of carbonyl (C=O) groups is 2. The van der Waals surface area contributed by atoms with Crippen molar-refractivity contribution in [2.75, 3.05) is 38.0 Å². The standard InChI is InChI=1S/C25H27N5O3/c1-18-19(2)30(16-20-7-4-3-5-8-20)24(21(18)15-26)27-23(31)17-28-10-12-29(13-11-28)25(32)22-9-6-14-33-22/h3-9,14H,10-13,16-17H2,1-2H3,(H,27,31). The number of nitriles is 1. The first-order valence-electron chi connectivity index (χ1n) is 11.0. The summed E-state index contributed by atoms with van der Waals surface area (Å²) in [4.78, 5) is 29.1. The van der Waals surface area contributed by atoms with E-state index in [0.29, 0.717) is 49.9 Å². The van der Waals surface area contributed by atoms with Gasteiger partial charge in [-0.3, -0.25) is 14.5 Å². The molecule has 0 atom stereocenters. The largest absolute Gasteiger partial charge is 0.459 e. The predicted molar refractivity (Wildman–Crippen MR) is 124 cm³/mol. The number of hydrogen-bond acceptors (Lipinski definition) is 5. The highest BCUT2D eigenvalue weighted by Crippen LogP contribution is 2.27. The molecule has 1 saturated heterocycles. The molecule has 3 aromatic rings. The molecule has 2 aromatic heterocycles. The summed E-state index contributed by atoms with van der Waals surface area (Å²) in [6.45, 7) is 6.87. The Hall–Kier alpha value is -3.83. The fourth-order valence-electron chi connectivity index (χ4n) is 4.13. The second kappa shape index (κ2) is 9.76. The third-order valence-electron chi connectivity index (χ3n) is 6.14.